The maximum absolute atomic E-state index is 12.7. The molecule has 0 aromatic heterocycles. The SMILES string of the molecule is Cc1ccc(C(=O)C(F)(F)F)c(N2CCC(NC(=O)C(F)(F)F)=N2)c1. The molecule has 1 aromatic rings. The van der Waals surface area contributed by atoms with Crippen LogP contribution in [0.1, 0.15) is 22.3 Å². The van der Waals surface area contributed by atoms with Crippen molar-refractivity contribution >= 4 is 23.2 Å². The Morgan fingerprint density at radius 3 is 2.32 bits per heavy atom. The summed E-state index contributed by atoms with van der Waals surface area (Å²) in [4.78, 5) is 22.4. The molecule has 0 unspecified atom stereocenters. The molecule has 1 aliphatic rings. The van der Waals surface area contributed by atoms with E-state index in [-0.39, 0.29) is 24.5 Å². The van der Waals surface area contributed by atoms with Gasteiger partial charge in [-0.05, 0) is 24.6 Å². The van der Waals surface area contributed by atoms with E-state index in [4.69, 9.17) is 0 Å². The van der Waals surface area contributed by atoms with Gasteiger partial charge in [0, 0.05) is 13.0 Å². The van der Waals surface area contributed by atoms with Gasteiger partial charge in [0.2, 0.25) is 0 Å². The van der Waals surface area contributed by atoms with Gasteiger partial charge in [0.25, 0.3) is 5.78 Å². The summed E-state index contributed by atoms with van der Waals surface area (Å²) in [7, 11) is 0. The molecule has 5 nitrogen and oxygen atoms in total. The fourth-order valence-electron chi connectivity index (χ4n) is 2.12. The van der Waals surface area contributed by atoms with Crippen LogP contribution in [-0.2, 0) is 4.79 Å². The van der Waals surface area contributed by atoms with E-state index < -0.39 is 29.6 Å². The van der Waals surface area contributed by atoms with Crippen molar-refractivity contribution in [1.82, 2.24) is 5.32 Å². The maximum Gasteiger partial charge on any atom is 0.471 e. The molecule has 0 saturated heterocycles. The molecule has 1 aliphatic heterocycles. The molecule has 1 N–H and O–H groups in total. The summed E-state index contributed by atoms with van der Waals surface area (Å²) < 4.78 is 74.8. The minimum Gasteiger partial charge on any atom is -0.305 e. The van der Waals surface area contributed by atoms with E-state index in [1.54, 1.807) is 12.2 Å². The molecule has 1 heterocycles. The average Bonchev–Trinajstić information content (AvgIpc) is 2.93. The molecular weight excluding hydrogens is 356 g/mol. The first kappa shape index (κ1) is 18.7. The second kappa shape index (κ2) is 6.37. The summed E-state index contributed by atoms with van der Waals surface area (Å²) in [6, 6.07) is 3.54. The zero-order valence-electron chi connectivity index (χ0n) is 12.6. The van der Waals surface area contributed by atoms with Crippen LogP contribution in [0.25, 0.3) is 0 Å². The molecule has 0 saturated carbocycles. The summed E-state index contributed by atoms with van der Waals surface area (Å²) >= 11 is 0. The quantitative estimate of drug-likeness (QED) is 0.646. The maximum atomic E-state index is 12.7. The van der Waals surface area contributed by atoms with Crippen LogP contribution >= 0.6 is 0 Å². The predicted octanol–water partition coefficient (Wildman–Crippen LogP) is 2.94. The molecule has 25 heavy (non-hydrogen) atoms. The number of benzene rings is 1. The highest BCUT2D eigenvalue weighted by molar-refractivity contribution is 6.06. The number of carbonyl (C=O) groups excluding carboxylic acids is 2. The van der Waals surface area contributed by atoms with Crippen molar-refractivity contribution in [2.75, 3.05) is 11.6 Å². The minimum absolute atomic E-state index is 0.0882. The number of halogens is 6. The Bertz CT molecular complexity index is 739. The number of amides is 1. The number of ketones is 1. The Morgan fingerprint density at radius 2 is 1.76 bits per heavy atom. The van der Waals surface area contributed by atoms with Crippen molar-refractivity contribution in [2.24, 2.45) is 5.10 Å². The van der Waals surface area contributed by atoms with Crippen LogP contribution < -0.4 is 10.3 Å². The third-order valence-electron chi connectivity index (χ3n) is 3.25. The summed E-state index contributed by atoms with van der Waals surface area (Å²) in [5, 5.41) is 6.18. The highest BCUT2D eigenvalue weighted by Crippen LogP contribution is 2.31. The first-order valence-corrected chi connectivity index (χ1v) is 6.85. The number of anilines is 1. The molecule has 0 fully saturated rings. The van der Waals surface area contributed by atoms with Crippen LogP contribution in [-0.4, -0.2) is 36.4 Å². The largest absolute Gasteiger partial charge is 0.471 e. The number of carbonyl (C=O) groups is 2. The molecule has 0 spiro atoms. The van der Waals surface area contributed by atoms with Crippen molar-refractivity contribution in [3.63, 3.8) is 0 Å². The lowest BCUT2D eigenvalue weighted by Gasteiger charge is -2.18. The molecule has 0 aliphatic carbocycles. The first-order chi connectivity index (χ1) is 11.4. The second-order valence-electron chi connectivity index (χ2n) is 5.22. The number of nitrogens with one attached hydrogen (secondary N) is 1. The van der Waals surface area contributed by atoms with Crippen molar-refractivity contribution in [3.8, 4) is 0 Å². The molecule has 2 rings (SSSR count). The lowest BCUT2D eigenvalue weighted by atomic mass is 10.0. The van der Waals surface area contributed by atoms with Crippen LogP contribution in [0.2, 0.25) is 0 Å². The number of hydrogen-bond acceptors (Lipinski definition) is 4. The topological polar surface area (TPSA) is 61.8 Å². The van der Waals surface area contributed by atoms with Gasteiger partial charge in [-0.25, -0.2) is 0 Å². The van der Waals surface area contributed by atoms with Crippen LogP contribution in [0.5, 0.6) is 0 Å². The van der Waals surface area contributed by atoms with Gasteiger partial charge in [-0.1, -0.05) is 6.07 Å². The van der Waals surface area contributed by atoms with Gasteiger partial charge in [0.15, 0.2) is 0 Å². The fourth-order valence-corrected chi connectivity index (χ4v) is 2.12. The zero-order chi connectivity index (χ0) is 19.0. The second-order valence-corrected chi connectivity index (χ2v) is 5.22. The highest BCUT2D eigenvalue weighted by Gasteiger charge is 2.42. The Morgan fingerprint density at radius 1 is 1.12 bits per heavy atom. The minimum atomic E-state index is -5.11. The number of Topliss-reactive ketones (excluding diaryl/α,β-unsaturated/α-hetero) is 1. The molecule has 1 aromatic carbocycles. The highest BCUT2D eigenvalue weighted by atomic mass is 19.4. The van der Waals surface area contributed by atoms with Crippen molar-refractivity contribution < 1.29 is 35.9 Å². The Hall–Kier alpha value is -2.59. The third-order valence-corrected chi connectivity index (χ3v) is 3.25. The number of amidine groups is 1. The van der Waals surface area contributed by atoms with Crippen LogP contribution in [0, 0.1) is 6.92 Å². The molecule has 1 amide bonds. The lowest BCUT2D eigenvalue weighted by molar-refractivity contribution is -0.171. The molecule has 0 radical (unpaired) electrons. The van der Waals surface area contributed by atoms with Crippen LogP contribution in [0.4, 0.5) is 32.0 Å². The number of rotatable bonds is 2. The van der Waals surface area contributed by atoms with E-state index in [2.05, 4.69) is 5.10 Å². The van der Waals surface area contributed by atoms with E-state index >= 15 is 0 Å². The van der Waals surface area contributed by atoms with E-state index in [0.29, 0.717) is 5.56 Å². The smallest absolute Gasteiger partial charge is 0.305 e. The number of hydrazone groups is 1. The molecular formula is C14H11F6N3O2. The number of hydrogen-bond donors (Lipinski definition) is 1. The van der Waals surface area contributed by atoms with Gasteiger partial charge >= 0.3 is 18.3 Å². The van der Waals surface area contributed by atoms with Gasteiger partial charge < -0.3 is 5.32 Å². The van der Waals surface area contributed by atoms with Gasteiger partial charge in [0.1, 0.15) is 5.84 Å². The standard InChI is InChI=1S/C14H11F6N3O2/c1-7-2-3-8(11(24)13(15,16)17)9(6-7)23-5-4-10(22-23)21-12(25)14(18,19)20/h2-3,6H,4-5H2,1H3,(H,21,22,25). The van der Waals surface area contributed by atoms with Crippen molar-refractivity contribution in [1.29, 1.82) is 0 Å². The summed E-state index contributed by atoms with van der Waals surface area (Å²) in [5.41, 5.74) is -0.347. The lowest BCUT2D eigenvalue weighted by Crippen LogP contribution is -2.40. The number of nitrogens with zero attached hydrogens (tertiary/aromatic N) is 2. The monoisotopic (exact) mass is 367 g/mol. The zero-order valence-corrected chi connectivity index (χ0v) is 12.6. The fraction of sp³-hybridized carbons (Fsp3) is 0.357. The van der Waals surface area contributed by atoms with Crippen LogP contribution in [0.3, 0.4) is 0 Å². The van der Waals surface area contributed by atoms with Gasteiger partial charge in [-0.2, -0.15) is 31.4 Å². The Labute approximate surface area is 137 Å². The molecule has 0 atom stereocenters. The van der Waals surface area contributed by atoms with Crippen LogP contribution in [0.15, 0.2) is 23.3 Å². The molecule has 11 heteroatoms. The van der Waals surface area contributed by atoms with Gasteiger partial charge in [-0.3, -0.25) is 14.6 Å². The summed E-state index contributed by atoms with van der Waals surface area (Å²) in [6.45, 7) is 1.48. The van der Waals surface area contributed by atoms with E-state index in [9.17, 15) is 35.9 Å². The van der Waals surface area contributed by atoms with E-state index in [1.807, 2.05) is 0 Å². The summed E-state index contributed by atoms with van der Waals surface area (Å²) in [5.74, 6) is -4.68. The van der Waals surface area contributed by atoms with E-state index in [1.165, 1.54) is 12.1 Å². The molecule has 136 valence electrons. The van der Waals surface area contributed by atoms with Crippen molar-refractivity contribution in [3.05, 3.63) is 29.3 Å². The summed E-state index contributed by atoms with van der Waals surface area (Å²) in [6.07, 6.45) is -10.4. The number of aryl methyl sites for hydroxylation is 1. The van der Waals surface area contributed by atoms with Gasteiger partial charge in [0.05, 0.1) is 11.3 Å². The normalized spacial score (nSPS) is 15.2. The van der Waals surface area contributed by atoms with Crippen molar-refractivity contribution in [2.45, 2.75) is 25.7 Å². The Kier molecular flexibility index (Phi) is 4.78. The Balaban J connectivity index is 2.32. The number of alkyl halides is 6. The first-order valence-electron chi connectivity index (χ1n) is 6.85. The van der Waals surface area contributed by atoms with E-state index in [0.717, 1.165) is 11.1 Å². The predicted molar refractivity (Wildman–Crippen MR) is 75.2 cm³/mol. The molecule has 0 bridgehead atoms. The third kappa shape index (κ3) is 4.28. The van der Waals surface area contributed by atoms with Gasteiger partial charge in [-0.15, -0.1) is 0 Å². The average molecular weight is 367 g/mol.